The van der Waals surface area contributed by atoms with Gasteiger partial charge in [0, 0.05) is 11.1 Å². The average molecular weight is 392 g/mol. The molecule has 0 heterocycles. The van der Waals surface area contributed by atoms with Crippen molar-refractivity contribution in [2.24, 2.45) is 5.16 Å². The van der Waals surface area contributed by atoms with Crippen LogP contribution in [0.4, 0.5) is 43.9 Å². The number of halogens is 11. The van der Waals surface area contributed by atoms with Crippen LogP contribution in [0.25, 0.3) is 0 Å². The largest absolute Gasteiger partial charge is 0.435 e. The summed E-state index contributed by atoms with van der Waals surface area (Å²) < 4.78 is 128. The Morgan fingerprint density at radius 3 is 1.67 bits per heavy atom. The number of oxime groups is 1. The molecular weight excluding hydrogens is 388 g/mol. The van der Waals surface area contributed by atoms with Crippen LogP contribution in [-0.4, -0.2) is 22.7 Å². The van der Waals surface area contributed by atoms with Crippen molar-refractivity contribution in [2.75, 3.05) is 0 Å². The first-order valence-corrected chi connectivity index (χ1v) is 5.87. The number of alkyl halides is 10. The van der Waals surface area contributed by atoms with Gasteiger partial charge in [0.1, 0.15) is 0 Å². The lowest BCUT2D eigenvalue weighted by Gasteiger charge is -2.31. The average Bonchev–Trinajstić information content (AvgIpc) is 2.41. The fourth-order valence-electron chi connectivity index (χ4n) is 1.71. The smallest absolute Gasteiger partial charge is 0.410 e. The molecule has 136 valence electrons. The Balaban J connectivity index is 3.79. The molecule has 0 spiro atoms. The summed E-state index contributed by atoms with van der Waals surface area (Å²) in [4.78, 5) is 0. The van der Waals surface area contributed by atoms with E-state index in [0.29, 0.717) is 0 Å². The van der Waals surface area contributed by atoms with Crippen LogP contribution in [0.15, 0.2) is 23.4 Å². The van der Waals surface area contributed by atoms with E-state index < -0.39 is 52.1 Å². The first kappa shape index (κ1) is 20.3. The van der Waals surface area contributed by atoms with Gasteiger partial charge in [-0.15, -0.1) is 0 Å². The summed E-state index contributed by atoms with van der Waals surface area (Å²) in [6.07, 6.45) is -18.7. The van der Waals surface area contributed by atoms with E-state index in [1.165, 1.54) is 0 Å². The van der Waals surface area contributed by atoms with Gasteiger partial charge in [0.05, 0.1) is 5.56 Å². The fraction of sp³-hybridized carbons (Fsp3) is 0.364. The Bertz CT molecular complexity index is 632. The highest BCUT2D eigenvalue weighted by Crippen LogP contribution is 2.54. The molecule has 0 radical (unpaired) electrons. The van der Waals surface area contributed by atoms with Gasteiger partial charge in [-0.3, -0.25) is 0 Å². The zero-order valence-electron chi connectivity index (χ0n) is 10.8. The molecule has 1 rings (SSSR count). The maximum Gasteiger partial charge on any atom is 0.435 e. The van der Waals surface area contributed by atoms with Crippen LogP contribution in [0.2, 0.25) is 0 Å². The van der Waals surface area contributed by atoms with Crippen LogP contribution in [0.1, 0.15) is 16.7 Å². The van der Waals surface area contributed by atoms with Crippen LogP contribution in [-0.2, 0) is 11.8 Å². The molecule has 0 unspecified atom stereocenters. The Kier molecular flexibility index (Phi) is 5.06. The normalized spacial score (nSPS) is 14.9. The lowest BCUT2D eigenvalue weighted by Crippen LogP contribution is -2.50. The van der Waals surface area contributed by atoms with Gasteiger partial charge in [-0.05, 0) is 6.07 Å². The molecule has 0 fully saturated rings. The monoisotopic (exact) mass is 391 g/mol. The lowest BCUT2D eigenvalue weighted by molar-refractivity contribution is -0.348. The van der Waals surface area contributed by atoms with Gasteiger partial charge in [0.15, 0.2) is 5.17 Å². The second-order valence-electron chi connectivity index (χ2n) is 4.30. The minimum Gasteiger partial charge on any atom is -0.410 e. The SMILES string of the molecule is ON=C(Cl)c1ccc(C(F)(C(F)(F)F)C(F)(F)F)cc1C(F)(F)F. The van der Waals surface area contributed by atoms with Crippen molar-refractivity contribution < 1.29 is 49.1 Å². The minimum atomic E-state index is -6.58. The Morgan fingerprint density at radius 1 is 0.875 bits per heavy atom. The Hall–Kier alpha value is -1.72. The summed E-state index contributed by atoms with van der Waals surface area (Å²) in [5.41, 5.74) is -11.8. The van der Waals surface area contributed by atoms with Crippen LogP contribution >= 0.6 is 11.6 Å². The van der Waals surface area contributed by atoms with E-state index in [-0.39, 0.29) is 12.1 Å². The van der Waals surface area contributed by atoms with Crippen molar-refractivity contribution in [3.8, 4) is 0 Å². The molecule has 1 N–H and O–H groups in total. The van der Waals surface area contributed by atoms with E-state index in [1.807, 2.05) is 0 Å². The summed E-state index contributed by atoms with van der Waals surface area (Å²) in [7, 11) is 0. The van der Waals surface area contributed by atoms with Gasteiger partial charge >= 0.3 is 24.2 Å². The second-order valence-corrected chi connectivity index (χ2v) is 4.66. The summed E-state index contributed by atoms with van der Waals surface area (Å²) in [6, 6.07) is -0.838. The first-order chi connectivity index (χ1) is 10.6. The summed E-state index contributed by atoms with van der Waals surface area (Å²) in [6.45, 7) is 0. The first-order valence-electron chi connectivity index (χ1n) is 5.49. The number of benzene rings is 1. The number of nitrogens with zero attached hydrogens (tertiary/aromatic N) is 1. The molecule has 0 amide bonds. The van der Waals surface area contributed by atoms with Crippen molar-refractivity contribution in [1.82, 2.24) is 0 Å². The van der Waals surface area contributed by atoms with Crippen LogP contribution in [0.5, 0.6) is 0 Å². The second kappa shape index (κ2) is 5.97. The molecule has 0 aromatic heterocycles. The van der Waals surface area contributed by atoms with Gasteiger partial charge in [-0.1, -0.05) is 28.9 Å². The van der Waals surface area contributed by atoms with Gasteiger partial charge in [-0.2, -0.15) is 39.5 Å². The highest BCUT2D eigenvalue weighted by molar-refractivity contribution is 6.69. The fourth-order valence-corrected chi connectivity index (χ4v) is 1.88. The molecular formula is C11H4ClF10NO. The molecule has 0 saturated carbocycles. The van der Waals surface area contributed by atoms with Crippen molar-refractivity contribution in [2.45, 2.75) is 24.2 Å². The van der Waals surface area contributed by atoms with Gasteiger partial charge in [-0.25, -0.2) is 4.39 Å². The summed E-state index contributed by atoms with van der Waals surface area (Å²) in [5.74, 6) is 0. The van der Waals surface area contributed by atoms with Gasteiger partial charge in [0.25, 0.3) is 0 Å². The Morgan fingerprint density at radius 2 is 1.33 bits per heavy atom. The van der Waals surface area contributed by atoms with Crippen molar-refractivity contribution in [3.63, 3.8) is 0 Å². The quantitative estimate of drug-likeness (QED) is 0.313. The zero-order chi connectivity index (χ0) is 19.1. The highest BCUT2D eigenvalue weighted by atomic mass is 35.5. The molecule has 2 nitrogen and oxygen atoms in total. The number of rotatable bonds is 2. The molecule has 0 bridgehead atoms. The lowest BCUT2D eigenvalue weighted by atomic mass is 9.91. The maximum absolute atomic E-state index is 13.8. The predicted octanol–water partition coefficient (Wildman–Crippen LogP) is 5.37. The van der Waals surface area contributed by atoms with E-state index in [0.717, 1.165) is 0 Å². The van der Waals surface area contributed by atoms with Gasteiger partial charge < -0.3 is 5.21 Å². The van der Waals surface area contributed by atoms with Crippen molar-refractivity contribution >= 4 is 16.8 Å². The third-order valence-electron chi connectivity index (χ3n) is 2.81. The zero-order valence-corrected chi connectivity index (χ0v) is 11.5. The molecule has 0 aliphatic rings. The molecule has 0 aliphatic heterocycles. The summed E-state index contributed by atoms with van der Waals surface area (Å²) >= 11 is 5.11. The number of hydrogen-bond acceptors (Lipinski definition) is 2. The molecule has 1 aromatic carbocycles. The van der Waals surface area contributed by atoms with E-state index in [2.05, 4.69) is 5.16 Å². The highest BCUT2D eigenvalue weighted by Gasteiger charge is 2.73. The third-order valence-corrected chi connectivity index (χ3v) is 3.09. The standard InChI is InChI=1S/C11H4ClF10NO/c12-7(23-24)5-2-1-4(3-6(5)9(14,15)16)8(13,10(17,18)19)11(20,21)22/h1-3,24H. The summed E-state index contributed by atoms with van der Waals surface area (Å²) in [5, 5.41) is 9.22. The number of hydrogen-bond donors (Lipinski definition) is 1. The van der Waals surface area contributed by atoms with E-state index in [1.54, 1.807) is 0 Å². The van der Waals surface area contributed by atoms with Crippen molar-refractivity contribution in [3.05, 3.63) is 34.9 Å². The molecule has 24 heavy (non-hydrogen) atoms. The third kappa shape index (κ3) is 3.37. The van der Waals surface area contributed by atoms with E-state index in [4.69, 9.17) is 16.8 Å². The van der Waals surface area contributed by atoms with E-state index >= 15 is 0 Å². The molecule has 0 saturated heterocycles. The van der Waals surface area contributed by atoms with E-state index in [9.17, 15) is 43.9 Å². The topological polar surface area (TPSA) is 32.6 Å². The minimum absolute atomic E-state index is 0.0338. The van der Waals surface area contributed by atoms with Crippen molar-refractivity contribution in [1.29, 1.82) is 0 Å². The molecule has 0 aliphatic carbocycles. The van der Waals surface area contributed by atoms with Gasteiger partial charge in [0.2, 0.25) is 0 Å². The maximum atomic E-state index is 13.8. The Labute approximate surface area is 131 Å². The molecule has 13 heteroatoms. The van der Waals surface area contributed by atoms with Crippen LogP contribution < -0.4 is 0 Å². The molecule has 0 atom stereocenters. The molecule has 1 aromatic rings. The predicted molar refractivity (Wildman–Crippen MR) is 60.5 cm³/mol. The van der Waals surface area contributed by atoms with Crippen LogP contribution in [0, 0.1) is 0 Å². The van der Waals surface area contributed by atoms with Crippen LogP contribution in [0.3, 0.4) is 0 Å².